The summed E-state index contributed by atoms with van der Waals surface area (Å²) in [5.41, 5.74) is 1.76. The molecule has 6 nitrogen and oxygen atoms in total. The molecule has 2 rings (SSSR count). The van der Waals surface area contributed by atoms with Crippen LogP contribution in [0.25, 0.3) is 0 Å². The van der Waals surface area contributed by atoms with Gasteiger partial charge in [-0.1, -0.05) is 30.9 Å². The number of likely N-dealkylation sites (N-methyl/N-ethyl adjacent to an activating group) is 1. The summed E-state index contributed by atoms with van der Waals surface area (Å²) in [5, 5.41) is 14.2. The molecule has 1 fully saturated rings. The van der Waals surface area contributed by atoms with Crippen LogP contribution in [0.2, 0.25) is 0 Å². The maximum atomic E-state index is 11.4. The number of nitrogens with zero attached hydrogens (tertiary/aromatic N) is 1. The standard InChI is InChI=1S/C17H21N3O3/c1-3-10-20(2)15(11-21)13-7-4-12(5-8-13)6-9-14-16(22)19-17(23)18-14/h4-5,7-8,14-15,21H,3,10-11H2,1-2H3,(H2,18,19,22,23). The molecule has 1 aliphatic rings. The molecular formula is C17H21N3O3. The van der Waals surface area contributed by atoms with Crippen molar-refractivity contribution in [3.63, 3.8) is 0 Å². The zero-order chi connectivity index (χ0) is 16.8. The summed E-state index contributed by atoms with van der Waals surface area (Å²) in [5.74, 6) is 5.17. The second kappa shape index (κ2) is 7.77. The maximum absolute atomic E-state index is 11.4. The van der Waals surface area contributed by atoms with Gasteiger partial charge in [0.05, 0.1) is 12.6 Å². The molecule has 0 aliphatic carbocycles. The first-order valence-corrected chi connectivity index (χ1v) is 7.59. The Bertz CT molecular complexity index is 631. The summed E-state index contributed by atoms with van der Waals surface area (Å²) in [6.45, 7) is 3.06. The summed E-state index contributed by atoms with van der Waals surface area (Å²) < 4.78 is 0. The average Bonchev–Trinajstić information content (AvgIpc) is 2.85. The van der Waals surface area contributed by atoms with Crippen molar-refractivity contribution in [2.45, 2.75) is 25.4 Å². The van der Waals surface area contributed by atoms with E-state index >= 15 is 0 Å². The lowest BCUT2D eigenvalue weighted by Crippen LogP contribution is -2.28. The lowest BCUT2D eigenvalue weighted by molar-refractivity contribution is -0.119. The molecule has 6 heteroatoms. The van der Waals surface area contributed by atoms with E-state index in [2.05, 4.69) is 34.3 Å². The molecule has 1 aliphatic heterocycles. The van der Waals surface area contributed by atoms with E-state index in [9.17, 15) is 14.7 Å². The Morgan fingerprint density at radius 2 is 2.00 bits per heavy atom. The first-order valence-electron chi connectivity index (χ1n) is 7.59. The second-order valence-electron chi connectivity index (χ2n) is 5.47. The molecule has 3 N–H and O–H groups in total. The van der Waals surface area contributed by atoms with Gasteiger partial charge in [-0.05, 0) is 37.7 Å². The molecule has 0 spiro atoms. The number of hydrogen-bond donors (Lipinski definition) is 3. The van der Waals surface area contributed by atoms with Crippen molar-refractivity contribution in [2.75, 3.05) is 20.2 Å². The fourth-order valence-corrected chi connectivity index (χ4v) is 2.47. The Morgan fingerprint density at radius 1 is 1.30 bits per heavy atom. The number of rotatable bonds is 5. The summed E-state index contributed by atoms with van der Waals surface area (Å²) in [7, 11) is 1.99. The van der Waals surface area contributed by atoms with E-state index in [0.717, 1.165) is 24.1 Å². The highest BCUT2D eigenvalue weighted by molar-refractivity contribution is 6.05. The van der Waals surface area contributed by atoms with Crippen molar-refractivity contribution in [3.05, 3.63) is 35.4 Å². The zero-order valence-corrected chi connectivity index (χ0v) is 13.3. The van der Waals surface area contributed by atoms with Gasteiger partial charge in [0.1, 0.15) is 0 Å². The molecule has 2 unspecified atom stereocenters. The lowest BCUT2D eigenvalue weighted by Gasteiger charge is -2.26. The number of nitrogens with one attached hydrogen (secondary N) is 2. The van der Waals surface area contributed by atoms with Gasteiger partial charge in [-0.3, -0.25) is 15.0 Å². The molecular weight excluding hydrogens is 294 g/mol. The van der Waals surface area contributed by atoms with Crippen molar-refractivity contribution in [1.82, 2.24) is 15.5 Å². The topological polar surface area (TPSA) is 81.7 Å². The molecule has 1 saturated heterocycles. The van der Waals surface area contributed by atoms with E-state index in [1.54, 1.807) is 0 Å². The Labute approximate surface area is 135 Å². The molecule has 0 radical (unpaired) electrons. The van der Waals surface area contributed by atoms with Crippen LogP contribution in [0.4, 0.5) is 4.79 Å². The van der Waals surface area contributed by atoms with Crippen LogP contribution in [0.15, 0.2) is 24.3 Å². The minimum atomic E-state index is -0.803. The SMILES string of the molecule is CCCN(C)C(CO)c1ccc(C#CC2NC(=O)NC2=O)cc1. The van der Waals surface area contributed by atoms with E-state index in [1.165, 1.54) is 0 Å². The highest BCUT2D eigenvalue weighted by Crippen LogP contribution is 2.19. The predicted molar refractivity (Wildman–Crippen MR) is 86.5 cm³/mol. The first-order chi connectivity index (χ1) is 11.0. The molecule has 23 heavy (non-hydrogen) atoms. The summed E-state index contributed by atoms with van der Waals surface area (Å²) >= 11 is 0. The quantitative estimate of drug-likeness (QED) is 0.550. The van der Waals surface area contributed by atoms with E-state index in [-0.39, 0.29) is 12.6 Å². The van der Waals surface area contributed by atoms with Gasteiger partial charge in [-0.15, -0.1) is 0 Å². The lowest BCUT2D eigenvalue weighted by atomic mass is 10.0. The van der Waals surface area contributed by atoms with Gasteiger partial charge >= 0.3 is 6.03 Å². The fraction of sp³-hybridized carbons (Fsp3) is 0.412. The van der Waals surface area contributed by atoms with Crippen LogP contribution < -0.4 is 10.6 Å². The number of amides is 3. The normalized spacial score (nSPS) is 18.2. The Morgan fingerprint density at radius 3 is 2.52 bits per heavy atom. The molecule has 3 amide bonds. The van der Waals surface area contributed by atoms with E-state index in [4.69, 9.17) is 0 Å². The third-order valence-electron chi connectivity index (χ3n) is 3.71. The van der Waals surface area contributed by atoms with Gasteiger partial charge in [0.15, 0.2) is 6.04 Å². The van der Waals surface area contributed by atoms with Crippen molar-refractivity contribution in [3.8, 4) is 11.8 Å². The van der Waals surface area contributed by atoms with Crippen LogP contribution >= 0.6 is 0 Å². The second-order valence-corrected chi connectivity index (χ2v) is 5.47. The highest BCUT2D eigenvalue weighted by atomic mass is 16.3. The molecule has 1 aromatic carbocycles. The number of aliphatic hydroxyl groups is 1. The number of hydrogen-bond acceptors (Lipinski definition) is 4. The number of imide groups is 1. The van der Waals surface area contributed by atoms with E-state index < -0.39 is 18.0 Å². The number of aliphatic hydroxyl groups excluding tert-OH is 1. The average molecular weight is 315 g/mol. The third kappa shape index (κ3) is 4.31. The van der Waals surface area contributed by atoms with Crippen LogP contribution in [0.5, 0.6) is 0 Å². The fourth-order valence-electron chi connectivity index (χ4n) is 2.47. The summed E-state index contributed by atoms with van der Waals surface area (Å²) in [6, 6.07) is 6.17. The molecule has 2 atom stereocenters. The summed E-state index contributed by atoms with van der Waals surface area (Å²) in [6.07, 6.45) is 1.02. The van der Waals surface area contributed by atoms with Gasteiger partial charge in [-0.25, -0.2) is 4.79 Å². The van der Waals surface area contributed by atoms with Crippen molar-refractivity contribution >= 4 is 11.9 Å². The van der Waals surface area contributed by atoms with Crippen LogP contribution in [-0.4, -0.2) is 48.2 Å². The molecule has 0 saturated carbocycles. The molecule has 1 heterocycles. The van der Waals surface area contributed by atoms with Gasteiger partial charge in [0.2, 0.25) is 0 Å². The van der Waals surface area contributed by atoms with E-state index in [0.29, 0.717) is 0 Å². The van der Waals surface area contributed by atoms with Gasteiger partial charge in [-0.2, -0.15) is 0 Å². The minimum Gasteiger partial charge on any atom is -0.394 e. The van der Waals surface area contributed by atoms with Crippen molar-refractivity contribution in [2.24, 2.45) is 0 Å². The number of carbonyl (C=O) groups is 2. The molecule has 0 aromatic heterocycles. The van der Waals surface area contributed by atoms with Crippen LogP contribution in [0, 0.1) is 11.8 Å². The van der Waals surface area contributed by atoms with Gasteiger partial charge in [0.25, 0.3) is 5.91 Å². The summed E-state index contributed by atoms with van der Waals surface area (Å²) in [4.78, 5) is 24.5. The number of urea groups is 1. The minimum absolute atomic E-state index is 0.0446. The Kier molecular flexibility index (Phi) is 5.74. The predicted octanol–water partition coefficient (Wildman–Crippen LogP) is 0.621. The Hall–Kier alpha value is -2.36. The molecule has 0 bridgehead atoms. The van der Waals surface area contributed by atoms with Crippen molar-refractivity contribution < 1.29 is 14.7 Å². The van der Waals surface area contributed by atoms with Crippen LogP contribution in [-0.2, 0) is 4.79 Å². The highest BCUT2D eigenvalue weighted by Gasteiger charge is 2.27. The van der Waals surface area contributed by atoms with Crippen molar-refractivity contribution in [1.29, 1.82) is 0 Å². The van der Waals surface area contributed by atoms with Crippen LogP contribution in [0.3, 0.4) is 0 Å². The number of benzene rings is 1. The van der Waals surface area contributed by atoms with Gasteiger partial charge < -0.3 is 10.4 Å². The van der Waals surface area contributed by atoms with E-state index in [1.807, 2.05) is 31.3 Å². The molecule has 1 aromatic rings. The van der Waals surface area contributed by atoms with Crippen LogP contribution in [0.1, 0.15) is 30.5 Å². The molecule has 122 valence electrons. The largest absolute Gasteiger partial charge is 0.394 e. The maximum Gasteiger partial charge on any atom is 0.322 e. The number of carbonyl (C=O) groups excluding carboxylic acids is 2. The first kappa shape index (κ1) is 17.0. The smallest absolute Gasteiger partial charge is 0.322 e. The zero-order valence-electron chi connectivity index (χ0n) is 13.3. The Balaban J connectivity index is 2.07. The monoisotopic (exact) mass is 315 g/mol. The van der Waals surface area contributed by atoms with Gasteiger partial charge in [0, 0.05) is 5.56 Å². The third-order valence-corrected chi connectivity index (χ3v) is 3.71.